The van der Waals surface area contributed by atoms with E-state index in [0.29, 0.717) is 24.1 Å². The number of aromatic nitrogens is 2. The van der Waals surface area contributed by atoms with Crippen molar-refractivity contribution in [1.82, 2.24) is 14.7 Å². The smallest absolute Gasteiger partial charge is 0.275 e. The highest BCUT2D eigenvalue weighted by Gasteiger charge is 2.51. The van der Waals surface area contributed by atoms with Crippen LogP contribution in [-0.2, 0) is 6.42 Å². The quantitative estimate of drug-likeness (QED) is 0.629. The zero-order chi connectivity index (χ0) is 20.4. The molecule has 1 saturated heterocycles. The maximum absolute atomic E-state index is 14.5. The molecule has 0 spiro atoms. The van der Waals surface area contributed by atoms with Gasteiger partial charge in [-0.1, -0.05) is 30.3 Å². The van der Waals surface area contributed by atoms with E-state index in [4.69, 9.17) is 0 Å². The molecule has 0 N–H and O–H groups in total. The van der Waals surface area contributed by atoms with Crippen molar-refractivity contribution < 1.29 is 13.6 Å². The largest absolute Gasteiger partial charge is 0.330 e. The van der Waals surface area contributed by atoms with Gasteiger partial charge in [-0.05, 0) is 49.3 Å². The molecule has 4 nitrogen and oxygen atoms in total. The Kier molecular flexibility index (Phi) is 3.85. The number of likely N-dealkylation sites (tertiary alicyclic amines) is 1. The maximum atomic E-state index is 14.5. The maximum Gasteiger partial charge on any atom is 0.275 e. The highest BCUT2D eigenvalue weighted by atomic mass is 19.1. The molecule has 1 amide bonds. The van der Waals surface area contributed by atoms with Crippen LogP contribution >= 0.6 is 0 Å². The molecule has 2 aromatic carbocycles. The number of carbonyl (C=O) groups is 1. The second-order valence-corrected chi connectivity index (χ2v) is 8.59. The highest BCUT2D eigenvalue weighted by molar-refractivity contribution is 5.95. The van der Waals surface area contributed by atoms with Gasteiger partial charge in [0.15, 0.2) is 11.5 Å². The molecule has 1 aliphatic heterocycles. The number of hydrogen-bond donors (Lipinski definition) is 0. The van der Waals surface area contributed by atoms with Crippen molar-refractivity contribution in [3.63, 3.8) is 0 Å². The lowest BCUT2D eigenvalue weighted by atomic mass is 10.0. The minimum Gasteiger partial charge on any atom is -0.330 e. The number of nitrogens with zero attached hydrogens (tertiary/aromatic N) is 3. The van der Waals surface area contributed by atoms with Gasteiger partial charge in [0, 0.05) is 24.1 Å². The summed E-state index contributed by atoms with van der Waals surface area (Å²) in [6.45, 7) is 0.692. The van der Waals surface area contributed by atoms with Crippen LogP contribution in [0.25, 0.3) is 5.69 Å². The third kappa shape index (κ3) is 2.62. The Balaban J connectivity index is 1.42. The Morgan fingerprint density at radius 2 is 1.93 bits per heavy atom. The summed E-state index contributed by atoms with van der Waals surface area (Å²) in [5.74, 6) is -0.528. The van der Waals surface area contributed by atoms with Gasteiger partial charge in [-0.15, -0.1) is 0 Å². The molecule has 2 aliphatic carbocycles. The van der Waals surface area contributed by atoms with Crippen LogP contribution in [0.2, 0.25) is 0 Å². The molecule has 1 saturated carbocycles. The molecule has 6 heteroatoms. The van der Waals surface area contributed by atoms with E-state index in [1.165, 1.54) is 12.1 Å². The van der Waals surface area contributed by atoms with E-state index in [2.05, 4.69) is 17.2 Å². The zero-order valence-electron chi connectivity index (χ0n) is 16.4. The average Bonchev–Trinajstić information content (AvgIpc) is 3.11. The summed E-state index contributed by atoms with van der Waals surface area (Å²) >= 11 is 0. The Hall–Kier alpha value is -3.02. The van der Waals surface area contributed by atoms with Crippen LogP contribution < -0.4 is 0 Å². The minimum absolute atomic E-state index is 0.0398. The first-order chi connectivity index (χ1) is 14.6. The molecule has 6 rings (SSSR count). The van der Waals surface area contributed by atoms with E-state index in [1.807, 2.05) is 23.1 Å². The molecule has 0 radical (unpaired) electrons. The van der Waals surface area contributed by atoms with Crippen molar-refractivity contribution in [3.8, 4) is 5.69 Å². The molecule has 2 heterocycles. The van der Waals surface area contributed by atoms with E-state index in [-0.39, 0.29) is 17.6 Å². The van der Waals surface area contributed by atoms with Crippen LogP contribution in [-0.4, -0.2) is 27.1 Å². The molecule has 1 aromatic heterocycles. The summed E-state index contributed by atoms with van der Waals surface area (Å²) in [6, 6.07) is 13.6. The van der Waals surface area contributed by atoms with Crippen LogP contribution in [0, 0.1) is 17.6 Å². The van der Waals surface area contributed by atoms with Crippen molar-refractivity contribution in [2.24, 2.45) is 5.92 Å². The van der Waals surface area contributed by atoms with Crippen molar-refractivity contribution in [2.45, 2.75) is 37.6 Å². The molecular formula is C24H21F2N3O. The van der Waals surface area contributed by atoms with Gasteiger partial charge in [0.05, 0.1) is 11.7 Å². The Morgan fingerprint density at radius 1 is 1.10 bits per heavy atom. The van der Waals surface area contributed by atoms with Crippen LogP contribution in [0.3, 0.4) is 0 Å². The van der Waals surface area contributed by atoms with Gasteiger partial charge in [-0.25, -0.2) is 13.5 Å². The monoisotopic (exact) mass is 405 g/mol. The number of halogens is 2. The Bertz CT molecular complexity index is 1160. The highest BCUT2D eigenvalue weighted by Crippen LogP contribution is 2.57. The predicted octanol–water partition coefficient (Wildman–Crippen LogP) is 4.79. The molecular weight excluding hydrogens is 384 g/mol. The van der Waals surface area contributed by atoms with Gasteiger partial charge >= 0.3 is 0 Å². The molecule has 152 valence electrons. The Morgan fingerprint density at radius 3 is 2.73 bits per heavy atom. The lowest BCUT2D eigenvalue weighted by Crippen LogP contribution is -2.31. The third-order valence-corrected chi connectivity index (χ3v) is 6.80. The average molecular weight is 405 g/mol. The molecule has 0 bridgehead atoms. The Labute approximate surface area is 173 Å². The SMILES string of the molecule is O=C(c1nn(-c2ccc(F)cc2F)c2c1C[C@H]1C[C@@H]21)N1CCC[C@@H]1c1ccccc1. The number of carbonyl (C=O) groups excluding carboxylic acids is 1. The first-order valence-electron chi connectivity index (χ1n) is 10.5. The van der Waals surface area contributed by atoms with Gasteiger partial charge in [-0.2, -0.15) is 5.10 Å². The third-order valence-electron chi connectivity index (χ3n) is 6.80. The van der Waals surface area contributed by atoms with Gasteiger partial charge in [-0.3, -0.25) is 4.79 Å². The van der Waals surface area contributed by atoms with Crippen LogP contribution in [0.5, 0.6) is 0 Å². The predicted molar refractivity (Wildman–Crippen MR) is 107 cm³/mol. The van der Waals surface area contributed by atoms with Crippen LogP contribution in [0.4, 0.5) is 8.78 Å². The fourth-order valence-electron chi connectivity index (χ4n) is 5.29. The van der Waals surface area contributed by atoms with E-state index >= 15 is 0 Å². The van der Waals surface area contributed by atoms with Crippen molar-refractivity contribution in [2.75, 3.05) is 6.54 Å². The van der Waals surface area contributed by atoms with Gasteiger partial charge in [0.25, 0.3) is 5.91 Å². The fourth-order valence-corrected chi connectivity index (χ4v) is 5.29. The standard InChI is InChI=1S/C24H21F2N3O/c25-16-8-9-21(19(26)13-16)29-23-17-11-15(17)12-18(23)22(27-29)24(30)28-10-4-7-20(28)14-5-2-1-3-6-14/h1-3,5-6,8-9,13,15,17,20H,4,7,10-12H2/t15-,17-,20-/m1/s1. The summed E-state index contributed by atoms with van der Waals surface area (Å²) in [5, 5.41) is 4.61. The van der Waals surface area contributed by atoms with Crippen molar-refractivity contribution >= 4 is 5.91 Å². The van der Waals surface area contributed by atoms with Gasteiger partial charge < -0.3 is 4.90 Å². The minimum atomic E-state index is -0.660. The van der Waals surface area contributed by atoms with E-state index in [0.717, 1.165) is 48.6 Å². The van der Waals surface area contributed by atoms with E-state index < -0.39 is 11.6 Å². The topological polar surface area (TPSA) is 38.1 Å². The summed E-state index contributed by atoms with van der Waals surface area (Å²) in [5.41, 5.74) is 3.66. The van der Waals surface area contributed by atoms with Crippen molar-refractivity contribution in [1.29, 1.82) is 0 Å². The van der Waals surface area contributed by atoms with E-state index in [9.17, 15) is 13.6 Å². The lowest BCUT2D eigenvalue weighted by molar-refractivity contribution is 0.0728. The number of rotatable bonds is 3. The summed E-state index contributed by atoms with van der Waals surface area (Å²) in [4.78, 5) is 15.5. The van der Waals surface area contributed by atoms with E-state index in [1.54, 1.807) is 4.68 Å². The second kappa shape index (κ2) is 6.49. The number of fused-ring (bicyclic) bond motifs is 3. The van der Waals surface area contributed by atoms with Crippen LogP contribution in [0.15, 0.2) is 48.5 Å². The lowest BCUT2D eigenvalue weighted by Gasteiger charge is -2.24. The van der Waals surface area contributed by atoms with Gasteiger partial charge in [0.1, 0.15) is 11.5 Å². The number of hydrogen-bond acceptors (Lipinski definition) is 2. The number of benzene rings is 2. The van der Waals surface area contributed by atoms with Gasteiger partial charge in [0.2, 0.25) is 0 Å². The zero-order valence-corrected chi connectivity index (χ0v) is 16.4. The first-order valence-corrected chi connectivity index (χ1v) is 10.5. The second-order valence-electron chi connectivity index (χ2n) is 8.59. The summed E-state index contributed by atoms with van der Waals surface area (Å²) in [7, 11) is 0. The number of amides is 1. The molecule has 0 unspecified atom stereocenters. The molecule has 3 aromatic rings. The summed E-state index contributed by atoms with van der Waals surface area (Å²) in [6.07, 6.45) is 3.74. The molecule has 3 atom stereocenters. The molecule has 3 aliphatic rings. The first kappa shape index (κ1) is 17.8. The fraction of sp³-hybridized carbons (Fsp3) is 0.333. The normalized spacial score (nSPS) is 24.1. The van der Waals surface area contributed by atoms with Crippen LogP contribution in [0.1, 0.15) is 58.5 Å². The summed E-state index contributed by atoms with van der Waals surface area (Å²) < 4.78 is 29.5. The van der Waals surface area contributed by atoms with Crippen molar-refractivity contribution in [3.05, 3.63) is 82.7 Å². The molecule has 30 heavy (non-hydrogen) atoms. The molecule has 2 fully saturated rings.